The number of rotatable bonds is 60. The van der Waals surface area contributed by atoms with Gasteiger partial charge in [0.2, 0.25) is 0 Å². The van der Waals surface area contributed by atoms with Gasteiger partial charge in [0.25, 0.3) is 0 Å². The first-order valence-electron chi connectivity index (χ1n) is 32.2. The molecule has 3 unspecified atom stereocenters. The zero-order valence-electron chi connectivity index (χ0n) is 50.4. The Kier molecular flexibility index (Phi) is 58.1. The van der Waals surface area contributed by atoms with Crippen molar-refractivity contribution in [3.63, 3.8) is 0 Å². The fraction of sp³-hybridized carbons (Fsp3) is 0.803. The fourth-order valence-electron chi connectivity index (χ4n) is 9.09. The lowest BCUT2D eigenvalue weighted by molar-refractivity contribution is -0.161. The van der Waals surface area contributed by atoms with Crippen molar-refractivity contribution < 1.29 is 52.2 Å². The molecule has 0 spiro atoms. The number of carbonyl (C=O) groups is 3. The van der Waals surface area contributed by atoms with Gasteiger partial charge in [-0.05, 0) is 64.2 Å². The third kappa shape index (κ3) is 57.9. The van der Waals surface area contributed by atoms with Gasteiger partial charge in [-0.2, -0.15) is 0 Å². The molecule has 78 heavy (non-hydrogen) atoms. The minimum Gasteiger partial charge on any atom is -0.462 e. The predicted molar refractivity (Wildman–Crippen MR) is 325 cm³/mol. The monoisotopic (exact) mass is 1120 g/mol. The minimum absolute atomic E-state index is 0.164. The van der Waals surface area contributed by atoms with E-state index in [9.17, 15) is 28.9 Å². The molecule has 0 aliphatic heterocycles. The number of unbranched alkanes of at least 4 members (excludes halogenated alkanes) is 33. The summed E-state index contributed by atoms with van der Waals surface area (Å²) < 4.78 is 39.7. The third-order valence-corrected chi connectivity index (χ3v) is 14.9. The lowest BCUT2D eigenvalue weighted by Crippen LogP contribution is -2.30. The van der Waals surface area contributed by atoms with Crippen molar-refractivity contribution in [2.75, 3.05) is 26.4 Å². The number of hydrogen-bond acceptors (Lipinski definition) is 10. The fourth-order valence-corrected chi connectivity index (χ4v) is 9.88. The normalized spacial score (nSPS) is 13.7. The van der Waals surface area contributed by atoms with E-state index in [-0.39, 0.29) is 25.9 Å². The van der Waals surface area contributed by atoms with Crippen LogP contribution in [0.5, 0.6) is 0 Å². The molecule has 0 fully saturated rings. The van der Waals surface area contributed by atoms with Gasteiger partial charge in [0.05, 0.1) is 19.8 Å². The van der Waals surface area contributed by atoms with Gasteiger partial charge in [-0.15, -0.1) is 0 Å². The van der Waals surface area contributed by atoms with Crippen LogP contribution < -0.4 is 0 Å². The summed E-state index contributed by atoms with van der Waals surface area (Å²) in [6, 6.07) is 0. The van der Waals surface area contributed by atoms with Crippen LogP contribution in [-0.2, 0) is 42.2 Å². The molecule has 12 heteroatoms. The molecule has 0 rings (SSSR count). The molecular weight excluding hydrogens is 1000 g/mol. The third-order valence-electron chi connectivity index (χ3n) is 14.0. The van der Waals surface area contributed by atoms with E-state index in [2.05, 4.69) is 81.5 Å². The first-order valence-corrected chi connectivity index (χ1v) is 33.7. The van der Waals surface area contributed by atoms with E-state index in [0.29, 0.717) is 19.3 Å². The van der Waals surface area contributed by atoms with E-state index in [1.54, 1.807) is 0 Å². The lowest BCUT2D eigenvalue weighted by Gasteiger charge is -2.21. The van der Waals surface area contributed by atoms with Crippen LogP contribution in [0.4, 0.5) is 0 Å². The Morgan fingerprint density at radius 3 is 1.03 bits per heavy atom. The van der Waals surface area contributed by atoms with E-state index in [4.69, 9.17) is 23.3 Å². The van der Waals surface area contributed by atoms with Gasteiger partial charge in [0, 0.05) is 19.3 Å². The molecule has 0 aromatic heterocycles. The molecule has 454 valence electrons. The first-order chi connectivity index (χ1) is 38.2. The number of ether oxygens (including phenoxy) is 3. The second-order valence-electron chi connectivity index (χ2n) is 21.6. The van der Waals surface area contributed by atoms with Crippen molar-refractivity contribution in [3.05, 3.63) is 60.8 Å². The number of carbonyl (C=O) groups excluding carboxylic acids is 3. The maximum Gasteiger partial charge on any atom is 0.472 e. The highest BCUT2D eigenvalue weighted by Crippen LogP contribution is 2.43. The molecular formula is C66H119O11P. The van der Waals surface area contributed by atoms with Crippen molar-refractivity contribution in [2.45, 2.75) is 315 Å². The van der Waals surface area contributed by atoms with Gasteiger partial charge >= 0.3 is 25.7 Å². The Morgan fingerprint density at radius 1 is 0.372 bits per heavy atom. The molecule has 0 saturated heterocycles. The van der Waals surface area contributed by atoms with Crippen molar-refractivity contribution in [3.8, 4) is 0 Å². The molecule has 0 saturated carbocycles. The molecule has 0 bridgehead atoms. The topological polar surface area (TPSA) is 155 Å². The second kappa shape index (κ2) is 60.3. The average Bonchev–Trinajstić information content (AvgIpc) is 3.43. The molecule has 0 amide bonds. The van der Waals surface area contributed by atoms with Crippen LogP contribution in [0.1, 0.15) is 303 Å². The molecule has 0 aromatic carbocycles. The summed E-state index contributed by atoms with van der Waals surface area (Å²) in [6.45, 7) is 4.55. The van der Waals surface area contributed by atoms with Crippen LogP contribution in [-0.4, -0.2) is 66.5 Å². The Bertz CT molecular complexity index is 1540. The highest BCUT2D eigenvalue weighted by atomic mass is 31.2. The van der Waals surface area contributed by atoms with Crippen molar-refractivity contribution >= 4 is 25.7 Å². The summed E-state index contributed by atoms with van der Waals surface area (Å²) in [5, 5.41) is 9.84. The van der Waals surface area contributed by atoms with Gasteiger partial charge in [-0.25, -0.2) is 4.57 Å². The van der Waals surface area contributed by atoms with Crippen LogP contribution in [0.2, 0.25) is 0 Å². The Labute approximate surface area is 478 Å². The molecule has 0 aliphatic rings. The summed E-state index contributed by atoms with van der Waals surface area (Å²) in [7, 11) is -4.76. The summed E-state index contributed by atoms with van der Waals surface area (Å²) in [5.74, 6) is -1.48. The summed E-state index contributed by atoms with van der Waals surface area (Å²) in [6.07, 6.45) is 67.5. The number of phosphoric ester groups is 1. The number of aliphatic hydroxyl groups is 1. The highest BCUT2D eigenvalue weighted by molar-refractivity contribution is 7.47. The smallest absolute Gasteiger partial charge is 0.462 e. The van der Waals surface area contributed by atoms with Gasteiger partial charge in [-0.1, -0.05) is 281 Å². The lowest BCUT2D eigenvalue weighted by atomic mass is 10.0. The molecule has 0 heterocycles. The average molecular weight is 1120 g/mol. The van der Waals surface area contributed by atoms with Gasteiger partial charge in [0.1, 0.15) is 12.7 Å². The van der Waals surface area contributed by atoms with Gasteiger partial charge < -0.3 is 24.2 Å². The van der Waals surface area contributed by atoms with Crippen LogP contribution >= 0.6 is 7.82 Å². The largest absolute Gasteiger partial charge is 0.472 e. The van der Waals surface area contributed by atoms with E-state index < -0.39 is 57.8 Å². The van der Waals surface area contributed by atoms with Crippen molar-refractivity contribution in [1.29, 1.82) is 0 Å². The Hall–Kier alpha value is -2.82. The highest BCUT2D eigenvalue weighted by Gasteiger charge is 2.28. The molecule has 0 aliphatic carbocycles. The van der Waals surface area contributed by atoms with Crippen molar-refractivity contribution in [1.82, 2.24) is 0 Å². The van der Waals surface area contributed by atoms with E-state index >= 15 is 0 Å². The number of esters is 3. The molecule has 2 N–H and O–H groups in total. The van der Waals surface area contributed by atoms with Gasteiger partial charge in [0.15, 0.2) is 6.10 Å². The van der Waals surface area contributed by atoms with E-state index in [1.807, 2.05) is 0 Å². The summed E-state index contributed by atoms with van der Waals surface area (Å²) in [4.78, 5) is 48.7. The summed E-state index contributed by atoms with van der Waals surface area (Å²) in [5.41, 5.74) is 0. The standard InChI is InChI=1S/C66H119O11P/c1-4-7-10-13-16-19-22-25-27-29-31-33-35-38-40-43-46-49-52-55-64(68)73-59-63(77-66(70)57-54-51-48-45-42-39-36-34-32-30-28-26-23-20-17-14-11-8-5-2)61-75-78(71,72)74-60-62(58-67)76-65(69)56-53-50-47-44-41-37-24-21-18-15-12-9-6-3/h7,10,16,19,25,27,31,33,38,40,62-63,67H,4-6,8-9,11-15,17-18,20-24,26,28-30,32,34-37,39,41-61H2,1-3H3,(H,71,72)/b10-7-,19-16-,27-25-,33-31-,40-38-. The van der Waals surface area contributed by atoms with E-state index in [1.165, 1.54) is 154 Å². The molecule has 0 aromatic rings. The molecule has 3 atom stereocenters. The predicted octanol–water partition coefficient (Wildman–Crippen LogP) is 19.5. The quantitative estimate of drug-likeness (QED) is 0.0197. The van der Waals surface area contributed by atoms with Crippen LogP contribution in [0.3, 0.4) is 0 Å². The second-order valence-corrected chi connectivity index (χ2v) is 23.0. The van der Waals surface area contributed by atoms with Gasteiger partial charge in [-0.3, -0.25) is 23.4 Å². The van der Waals surface area contributed by atoms with Crippen LogP contribution in [0, 0.1) is 0 Å². The summed E-state index contributed by atoms with van der Waals surface area (Å²) >= 11 is 0. The minimum atomic E-state index is -4.76. The van der Waals surface area contributed by atoms with E-state index in [0.717, 1.165) is 89.9 Å². The van der Waals surface area contributed by atoms with Crippen LogP contribution in [0.25, 0.3) is 0 Å². The van der Waals surface area contributed by atoms with Crippen LogP contribution in [0.15, 0.2) is 60.8 Å². The zero-order chi connectivity index (χ0) is 56.9. The molecule has 11 nitrogen and oxygen atoms in total. The first kappa shape index (κ1) is 75.2. The number of phosphoric acid groups is 1. The zero-order valence-corrected chi connectivity index (χ0v) is 51.3. The SMILES string of the molecule is CC/C=C\C/C=C\C/C=C\C/C=C\C/C=C\CCCCCC(=O)OCC(COP(=O)(O)OCC(CO)OC(=O)CCCCCCCCCCCCCCC)OC(=O)CCCCCCCCCCCCCCCCCCCCC. The maximum atomic E-state index is 13.0. The number of hydrogen-bond donors (Lipinski definition) is 2. The molecule has 0 radical (unpaired) electrons. The maximum absolute atomic E-state index is 13.0. The number of allylic oxidation sites excluding steroid dienone is 10. The number of aliphatic hydroxyl groups excluding tert-OH is 1. The Morgan fingerprint density at radius 2 is 0.667 bits per heavy atom. The van der Waals surface area contributed by atoms with Crippen molar-refractivity contribution in [2.24, 2.45) is 0 Å². The Balaban J connectivity index is 4.73.